The second kappa shape index (κ2) is 10.2. The van der Waals surface area contributed by atoms with Gasteiger partial charge in [0.25, 0.3) is 0 Å². The second-order valence-corrected chi connectivity index (χ2v) is 6.36. The van der Waals surface area contributed by atoms with Gasteiger partial charge in [-0.15, -0.1) is 24.0 Å². The van der Waals surface area contributed by atoms with E-state index in [-0.39, 0.29) is 29.7 Å². The van der Waals surface area contributed by atoms with Crippen molar-refractivity contribution < 1.29 is 19.0 Å². The maximum absolute atomic E-state index is 10.0. The molecule has 8 heteroatoms. The van der Waals surface area contributed by atoms with E-state index < -0.39 is 0 Å². The van der Waals surface area contributed by atoms with E-state index in [0.717, 1.165) is 22.3 Å². The van der Waals surface area contributed by atoms with Crippen molar-refractivity contribution in [2.75, 3.05) is 28.3 Å². The Kier molecular flexibility index (Phi) is 8.00. The van der Waals surface area contributed by atoms with Crippen LogP contribution in [-0.4, -0.2) is 44.3 Å². The van der Waals surface area contributed by atoms with Gasteiger partial charge in [-0.1, -0.05) is 18.2 Å². The summed E-state index contributed by atoms with van der Waals surface area (Å²) in [4.78, 5) is 6.31. The van der Waals surface area contributed by atoms with Gasteiger partial charge in [-0.05, 0) is 29.8 Å². The predicted octanol–water partition coefficient (Wildman–Crippen LogP) is 3.98. The van der Waals surface area contributed by atoms with Gasteiger partial charge in [0.1, 0.15) is 11.3 Å². The lowest BCUT2D eigenvalue weighted by atomic mass is 10.2. The van der Waals surface area contributed by atoms with Crippen molar-refractivity contribution in [3.05, 3.63) is 53.8 Å². The van der Waals surface area contributed by atoms with E-state index in [1.807, 2.05) is 42.3 Å². The van der Waals surface area contributed by atoms with E-state index in [9.17, 15) is 5.11 Å². The monoisotopic (exact) mass is 511 g/mol. The van der Waals surface area contributed by atoms with Crippen LogP contribution in [0.15, 0.2) is 51.9 Å². The van der Waals surface area contributed by atoms with Gasteiger partial charge in [0.05, 0.1) is 20.8 Å². The summed E-state index contributed by atoms with van der Waals surface area (Å²) >= 11 is 0. The smallest absolute Gasteiger partial charge is 0.200 e. The summed E-state index contributed by atoms with van der Waals surface area (Å²) in [7, 11) is 6.69. The zero-order valence-corrected chi connectivity index (χ0v) is 19.3. The lowest BCUT2D eigenvalue weighted by molar-refractivity contribution is 0.339. The number of nitrogens with zero attached hydrogens (tertiary/aromatic N) is 2. The molecule has 1 heterocycles. The van der Waals surface area contributed by atoms with Crippen molar-refractivity contribution >= 4 is 40.9 Å². The quantitative estimate of drug-likeness (QED) is 0.296. The Balaban J connectivity index is 0.00000300. The number of aliphatic imine (C=N–C) groups is 1. The molecule has 0 saturated carbocycles. The predicted molar refractivity (Wildman–Crippen MR) is 125 cm³/mol. The van der Waals surface area contributed by atoms with Crippen molar-refractivity contribution in [1.29, 1.82) is 0 Å². The highest BCUT2D eigenvalue weighted by Crippen LogP contribution is 2.37. The van der Waals surface area contributed by atoms with Crippen molar-refractivity contribution in [3.63, 3.8) is 0 Å². The first-order valence-corrected chi connectivity index (χ1v) is 8.88. The number of ether oxygens (including phenoxy) is 2. The third-order valence-corrected chi connectivity index (χ3v) is 4.43. The highest BCUT2D eigenvalue weighted by molar-refractivity contribution is 14.0. The molecule has 0 saturated heterocycles. The average molecular weight is 511 g/mol. The Morgan fingerprint density at radius 2 is 1.79 bits per heavy atom. The number of furan rings is 1. The Morgan fingerprint density at radius 3 is 2.38 bits per heavy atom. The number of guanidine groups is 1. The van der Waals surface area contributed by atoms with E-state index in [4.69, 9.17) is 13.9 Å². The van der Waals surface area contributed by atoms with E-state index in [0.29, 0.717) is 30.5 Å². The van der Waals surface area contributed by atoms with Crippen LogP contribution in [0.5, 0.6) is 17.2 Å². The van der Waals surface area contributed by atoms with E-state index >= 15 is 0 Å². The zero-order valence-electron chi connectivity index (χ0n) is 16.9. The molecular weight excluding hydrogens is 485 g/mol. The first kappa shape index (κ1) is 22.7. The maximum atomic E-state index is 10.0. The van der Waals surface area contributed by atoms with Gasteiger partial charge in [0.2, 0.25) is 5.75 Å². The Morgan fingerprint density at radius 1 is 1.14 bits per heavy atom. The maximum Gasteiger partial charge on any atom is 0.200 e. The minimum atomic E-state index is -0.0138. The molecule has 0 unspecified atom stereocenters. The van der Waals surface area contributed by atoms with Crippen LogP contribution in [0.2, 0.25) is 0 Å². The number of para-hydroxylation sites is 1. The standard InChI is InChI=1S/C21H25N3O4.HI/c1-22-21(23-12-14-9-18(26-3)20(25)19(10-14)27-4)24(2)13-16-11-15-7-5-6-8-17(15)28-16;/h5-11,25H,12-13H2,1-4H3,(H,22,23);1H. The number of rotatable bonds is 6. The minimum absolute atomic E-state index is 0. The van der Waals surface area contributed by atoms with Crippen LogP contribution in [0.3, 0.4) is 0 Å². The number of nitrogens with one attached hydrogen (secondary N) is 1. The SMILES string of the molecule is CN=C(NCc1cc(OC)c(O)c(OC)c1)N(C)Cc1cc2ccccc2o1.I. The average Bonchev–Trinajstić information content (AvgIpc) is 3.11. The fourth-order valence-electron chi connectivity index (χ4n) is 3.04. The van der Waals surface area contributed by atoms with Crippen LogP contribution < -0.4 is 14.8 Å². The van der Waals surface area contributed by atoms with Crippen molar-refractivity contribution in [3.8, 4) is 17.2 Å². The third-order valence-electron chi connectivity index (χ3n) is 4.43. The fraction of sp³-hybridized carbons (Fsp3) is 0.286. The van der Waals surface area contributed by atoms with Gasteiger partial charge in [-0.25, -0.2) is 0 Å². The molecule has 2 N–H and O–H groups in total. The fourth-order valence-corrected chi connectivity index (χ4v) is 3.04. The molecule has 0 bridgehead atoms. The number of aromatic hydroxyl groups is 1. The summed E-state index contributed by atoms with van der Waals surface area (Å²) in [6, 6.07) is 13.5. The molecule has 1 aromatic heterocycles. The molecule has 7 nitrogen and oxygen atoms in total. The van der Waals surface area contributed by atoms with Gasteiger partial charge in [-0.3, -0.25) is 4.99 Å². The summed E-state index contributed by atoms with van der Waals surface area (Å²) < 4.78 is 16.3. The number of methoxy groups -OCH3 is 2. The normalized spacial score (nSPS) is 11.1. The van der Waals surface area contributed by atoms with Crippen LogP contribution in [0.4, 0.5) is 0 Å². The van der Waals surface area contributed by atoms with Gasteiger partial charge in [-0.2, -0.15) is 0 Å². The summed E-state index contributed by atoms with van der Waals surface area (Å²) in [5.74, 6) is 2.29. The van der Waals surface area contributed by atoms with Crippen molar-refractivity contribution in [2.24, 2.45) is 4.99 Å². The number of fused-ring (bicyclic) bond motifs is 1. The molecular formula is C21H26IN3O4. The first-order valence-electron chi connectivity index (χ1n) is 8.88. The molecule has 0 radical (unpaired) electrons. The minimum Gasteiger partial charge on any atom is -0.502 e. The summed E-state index contributed by atoms with van der Waals surface area (Å²) in [5, 5.41) is 14.4. The van der Waals surface area contributed by atoms with Gasteiger partial charge in [0, 0.05) is 26.0 Å². The van der Waals surface area contributed by atoms with Gasteiger partial charge >= 0.3 is 0 Å². The number of phenolic OH excluding ortho intramolecular Hbond substituents is 1. The number of hydrogen-bond acceptors (Lipinski definition) is 5. The Labute approximate surface area is 187 Å². The molecule has 3 aromatic rings. The lowest BCUT2D eigenvalue weighted by Crippen LogP contribution is -2.37. The Hall–Kier alpha value is -2.62. The molecule has 0 fully saturated rings. The second-order valence-electron chi connectivity index (χ2n) is 6.36. The van der Waals surface area contributed by atoms with E-state index in [2.05, 4.69) is 10.3 Å². The van der Waals surface area contributed by atoms with Crippen molar-refractivity contribution in [1.82, 2.24) is 10.2 Å². The highest BCUT2D eigenvalue weighted by atomic mass is 127. The largest absolute Gasteiger partial charge is 0.502 e. The summed E-state index contributed by atoms with van der Waals surface area (Å²) in [6.07, 6.45) is 0. The van der Waals surface area contributed by atoms with Crippen molar-refractivity contribution in [2.45, 2.75) is 13.1 Å². The topological polar surface area (TPSA) is 79.5 Å². The van der Waals surface area contributed by atoms with Crippen LogP contribution in [0.25, 0.3) is 11.0 Å². The van der Waals surface area contributed by atoms with Crippen LogP contribution >= 0.6 is 24.0 Å². The number of halogens is 1. The van der Waals surface area contributed by atoms with Crippen LogP contribution in [-0.2, 0) is 13.1 Å². The summed E-state index contributed by atoms with van der Waals surface area (Å²) in [6.45, 7) is 1.07. The zero-order chi connectivity index (χ0) is 20.1. The van der Waals surface area contributed by atoms with Crippen LogP contribution in [0, 0.1) is 0 Å². The van der Waals surface area contributed by atoms with Gasteiger partial charge in [0.15, 0.2) is 17.5 Å². The molecule has 0 aliphatic carbocycles. The third kappa shape index (κ3) is 5.26. The molecule has 0 aliphatic rings. The number of benzene rings is 2. The highest BCUT2D eigenvalue weighted by Gasteiger charge is 2.13. The first-order chi connectivity index (χ1) is 13.5. The number of hydrogen-bond donors (Lipinski definition) is 2. The van der Waals surface area contributed by atoms with Gasteiger partial charge < -0.3 is 29.2 Å². The molecule has 0 amide bonds. The summed E-state index contributed by atoms with van der Waals surface area (Å²) in [5.41, 5.74) is 1.77. The molecule has 0 atom stereocenters. The molecule has 2 aromatic carbocycles. The molecule has 0 aliphatic heterocycles. The Bertz CT molecular complexity index is 929. The lowest BCUT2D eigenvalue weighted by Gasteiger charge is -2.21. The molecule has 29 heavy (non-hydrogen) atoms. The van der Waals surface area contributed by atoms with Crippen LogP contribution in [0.1, 0.15) is 11.3 Å². The number of phenols is 1. The van der Waals surface area contributed by atoms with E-state index in [1.165, 1.54) is 14.2 Å². The molecule has 156 valence electrons. The van der Waals surface area contributed by atoms with E-state index in [1.54, 1.807) is 19.2 Å². The molecule has 3 rings (SSSR count). The molecule has 0 spiro atoms.